The normalized spacial score (nSPS) is 17.9. The van der Waals surface area contributed by atoms with Crippen LogP contribution in [-0.4, -0.2) is 45.0 Å². The van der Waals surface area contributed by atoms with E-state index in [1.54, 1.807) is 0 Å². The lowest BCUT2D eigenvalue weighted by Gasteiger charge is -2.05. The maximum absolute atomic E-state index is 10.7. The summed E-state index contributed by atoms with van der Waals surface area (Å²) in [7, 11) is 4.67. The van der Waals surface area contributed by atoms with Gasteiger partial charge in [0.15, 0.2) is 6.17 Å². The maximum Gasteiger partial charge on any atom is 0.329 e. The summed E-state index contributed by atoms with van der Waals surface area (Å²) >= 11 is 1.33. The zero-order chi connectivity index (χ0) is 10.4. The maximum atomic E-state index is 10.7. The molecule has 1 aliphatic heterocycles. The number of hydrogen-bond donors (Lipinski definition) is 4. The van der Waals surface area contributed by atoms with Crippen LogP contribution in [0.25, 0.3) is 0 Å². The first-order chi connectivity index (χ1) is 6.09. The summed E-state index contributed by atoms with van der Waals surface area (Å²) in [4.78, 5) is 31.3. The number of nitrogens with one attached hydrogen (secondary N) is 3. The molecule has 0 bridgehead atoms. The highest BCUT2D eigenvalue weighted by molar-refractivity contribution is 6.80. The van der Waals surface area contributed by atoms with E-state index < -0.39 is 24.1 Å². The minimum Gasteiger partial charge on any atom is -0.412 e. The van der Waals surface area contributed by atoms with Gasteiger partial charge in [0.1, 0.15) is 0 Å². The lowest BCUT2D eigenvalue weighted by molar-refractivity contribution is -0.120. The standard InChI is InChI=1S/C4H6N4O3.Al.ClH.H2O.H/c5-3(10)6-1-2(9)8-4(11)7-1;;;;/h1H,(H3,5,6,10)(H2,7,8,9,11);;1H;1H2;/q;+1;;;/p-1. The number of urea groups is 2. The summed E-state index contributed by atoms with van der Waals surface area (Å²) in [6.07, 6.45) is -1.04. The Morgan fingerprint density at radius 3 is 2.29 bits per heavy atom. The minimum atomic E-state index is -1.04. The number of nitrogens with two attached hydrogens (primary N) is 1. The van der Waals surface area contributed by atoms with Crippen LogP contribution in [0.5, 0.6) is 0 Å². The highest BCUT2D eigenvalue weighted by Gasteiger charge is 2.29. The number of imide groups is 1. The van der Waals surface area contributed by atoms with Crippen molar-refractivity contribution in [3.8, 4) is 0 Å². The summed E-state index contributed by atoms with van der Waals surface area (Å²) in [5, 5.41) is 6.05. The summed E-state index contributed by atoms with van der Waals surface area (Å²) < 4.78 is 0. The topological polar surface area (TPSA) is 145 Å². The summed E-state index contributed by atoms with van der Waals surface area (Å²) in [5.41, 5.74) is 4.70. The van der Waals surface area contributed by atoms with E-state index in [0.29, 0.717) is 0 Å². The average Bonchev–Trinajstić information content (AvgIpc) is 2.33. The highest BCUT2D eigenvalue weighted by Crippen LogP contribution is 1.86. The first-order valence-corrected chi connectivity index (χ1v) is 5.17. The van der Waals surface area contributed by atoms with Gasteiger partial charge in [-0.05, 0) is 0 Å². The molecule has 7 N–H and O–H groups in total. The molecule has 14 heavy (non-hydrogen) atoms. The van der Waals surface area contributed by atoms with Crippen LogP contribution < -0.4 is 21.7 Å². The van der Waals surface area contributed by atoms with Crippen LogP contribution in [0.15, 0.2) is 0 Å². The minimum absolute atomic E-state index is 0. The van der Waals surface area contributed by atoms with Crippen LogP contribution in [0.4, 0.5) is 9.59 Å². The zero-order valence-electron chi connectivity index (χ0n) is 6.96. The van der Waals surface area contributed by atoms with E-state index in [2.05, 4.69) is 15.4 Å². The largest absolute Gasteiger partial charge is 0.412 e. The van der Waals surface area contributed by atoms with Crippen LogP contribution in [0, 0.1) is 0 Å². The molecule has 1 fully saturated rings. The first kappa shape index (κ1) is 15.5. The van der Waals surface area contributed by atoms with Gasteiger partial charge in [0.25, 0.3) is 5.91 Å². The molecule has 0 saturated carbocycles. The number of rotatable bonds is 1. The Bertz CT molecular complexity index is 237. The molecule has 1 saturated heterocycles. The number of carbonyl (C=O) groups excluding carboxylic acids is 3. The van der Waals surface area contributed by atoms with E-state index in [9.17, 15) is 14.4 Å². The van der Waals surface area contributed by atoms with Gasteiger partial charge in [0.2, 0.25) is 0 Å². The van der Waals surface area contributed by atoms with Crippen molar-refractivity contribution in [3.05, 3.63) is 0 Å². The molecule has 0 aromatic rings. The fourth-order valence-electron chi connectivity index (χ4n) is 0.661. The SMILES string of the molecule is NC(=O)NC1NC(=O)NC1=O.O.[AlH][Cl]. The van der Waals surface area contributed by atoms with Gasteiger partial charge in [-0.1, -0.05) is 0 Å². The van der Waals surface area contributed by atoms with E-state index in [4.69, 9.17) is 5.73 Å². The van der Waals surface area contributed by atoms with Gasteiger partial charge in [0.05, 0.1) is 0 Å². The number of carbonyl (C=O) groups is 3. The van der Waals surface area contributed by atoms with Crippen LogP contribution in [0.3, 0.4) is 0 Å². The zero-order valence-corrected chi connectivity index (χ0v) is 9.13. The molecular weight excluding hydrogens is 231 g/mol. The predicted molar refractivity (Wildman–Crippen MR) is 49.8 cm³/mol. The fraction of sp³-hybridized carbons (Fsp3) is 0.250. The Kier molecular flexibility index (Phi) is 8.18. The second-order valence-corrected chi connectivity index (χ2v) is 1.90. The number of hydrogen-bond acceptors (Lipinski definition) is 3. The van der Waals surface area contributed by atoms with E-state index >= 15 is 0 Å². The van der Waals surface area contributed by atoms with E-state index in [1.807, 2.05) is 10.6 Å². The second-order valence-electron chi connectivity index (χ2n) is 1.90. The lowest BCUT2D eigenvalue weighted by atomic mass is 10.5. The lowest BCUT2D eigenvalue weighted by Crippen LogP contribution is -2.48. The van der Waals surface area contributed by atoms with E-state index in [1.165, 1.54) is 15.4 Å². The molecule has 0 aromatic carbocycles. The predicted octanol–water partition coefficient (Wildman–Crippen LogP) is -2.96. The third-order valence-corrected chi connectivity index (χ3v) is 1.06. The Labute approximate surface area is 91.5 Å². The van der Waals surface area contributed by atoms with Gasteiger partial charge in [0, 0.05) is 0 Å². The molecule has 1 atom stereocenters. The van der Waals surface area contributed by atoms with Gasteiger partial charge in [-0.25, -0.2) is 9.59 Å². The Morgan fingerprint density at radius 2 is 2.00 bits per heavy atom. The molecule has 1 rings (SSSR count). The Balaban J connectivity index is 0. The molecule has 0 aromatic heterocycles. The summed E-state index contributed by atoms with van der Waals surface area (Å²) in [5.74, 6) is -0.617. The first-order valence-electron chi connectivity index (χ1n) is 3.03. The van der Waals surface area contributed by atoms with Crippen molar-refractivity contribution in [2.45, 2.75) is 6.17 Å². The number of halogens is 1. The summed E-state index contributed by atoms with van der Waals surface area (Å²) in [6, 6.07) is -1.51. The Hall–Kier alpha value is -1.01. The molecule has 5 amide bonds. The van der Waals surface area contributed by atoms with Gasteiger partial charge in [-0.15, -0.1) is 0 Å². The van der Waals surface area contributed by atoms with Crippen molar-refractivity contribution >= 4 is 43.4 Å². The molecular formula is C4H9AlClN4O4. The number of amides is 5. The van der Waals surface area contributed by atoms with Crippen molar-refractivity contribution < 1.29 is 19.9 Å². The van der Waals surface area contributed by atoms with Gasteiger partial charge < -0.3 is 21.8 Å². The quantitative estimate of drug-likeness (QED) is 0.286. The van der Waals surface area contributed by atoms with Crippen molar-refractivity contribution in [2.24, 2.45) is 5.73 Å². The van der Waals surface area contributed by atoms with Gasteiger partial charge in [-0.2, -0.15) is 0 Å². The molecule has 0 spiro atoms. The third kappa shape index (κ3) is 4.88. The van der Waals surface area contributed by atoms with Crippen LogP contribution in [-0.2, 0) is 4.79 Å². The molecule has 1 aliphatic rings. The molecule has 1 heterocycles. The summed E-state index contributed by atoms with van der Waals surface area (Å²) in [6.45, 7) is 0. The molecule has 1 radical (unpaired) electrons. The smallest absolute Gasteiger partial charge is 0.329 e. The Morgan fingerprint density at radius 1 is 1.50 bits per heavy atom. The van der Waals surface area contributed by atoms with Crippen molar-refractivity contribution in [1.29, 1.82) is 0 Å². The number of primary amides is 1. The van der Waals surface area contributed by atoms with Gasteiger partial charge in [-0.3, -0.25) is 20.2 Å². The molecule has 79 valence electrons. The van der Waals surface area contributed by atoms with Gasteiger partial charge >= 0.3 is 27.4 Å². The van der Waals surface area contributed by atoms with E-state index in [-0.39, 0.29) is 5.48 Å². The highest BCUT2D eigenvalue weighted by atomic mass is 35.6. The third-order valence-electron chi connectivity index (χ3n) is 1.06. The van der Waals surface area contributed by atoms with Crippen LogP contribution in [0.2, 0.25) is 0 Å². The van der Waals surface area contributed by atoms with E-state index in [0.717, 1.165) is 0 Å². The fourth-order valence-corrected chi connectivity index (χ4v) is 0.661. The molecule has 8 nitrogen and oxygen atoms in total. The van der Waals surface area contributed by atoms with Crippen molar-refractivity contribution in [2.75, 3.05) is 0 Å². The second kappa shape index (κ2) is 7.40. The van der Waals surface area contributed by atoms with Crippen LogP contribution in [0.1, 0.15) is 0 Å². The van der Waals surface area contributed by atoms with Crippen LogP contribution >= 0.6 is 10.0 Å². The molecule has 0 aliphatic carbocycles. The molecule has 10 heteroatoms. The molecule has 1 unspecified atom stereocenters. The van der Waals surface area contributed by atoms with Crippen molar-refractivity contribution in [1.82, 2.24) is 16.0 Å². The van der Waals surface area contributed by atoms with Crippen molar-refractivity contribution in [3.63, 3.8) is 0 Å². The average molecular weight is 240 g/mol. The monoisotopic (exact) mass is 239 g/mol.